The number of hydrogen-bond donors (Lipinski definition) is 1. The fraction of sp³-hybridized carbons (Fsp3) is 0.250. The first-order valence-electron chi connectivity index (χ1n) is 31.8. The summed E-state index contributed by atoms with van der Waals surface area (Å²) in [7, 11) is 0. The number of para-hydroxylation sites is 1. The summed E-state index contributed by atoms with van der Waals surface area (Å²) in [5.41, 5.74) is 0.327. The van der Waals surface area contributed by atoms with E-state index < -0.39 is 74.4 Å². The van der Waals surface area contributed by atoms with Crippen molar-refractivity contribution in [2.75, 3.05) is 0 Å². The number of nitrogens with zero attached hydrogens (tertiary/aromatic N) is 3. The monoisotopic (exact) mass is 910 g/mol. The lowest BCUT2D eigenvalue weighted by Crippen LogP contribution is -2.17. The zero-order valence-corrected chi connectivity index (χ0v) is 39.0. The molecule has 0 spiro atoms. The van der Waals surface area contributed by atoms with Gasteiger partial charge in [0.05, 0.1) is 28.0 Å². The van der Waals surface area contributed by atoms with Gasteiger partial charge in [-0.25, -0.2) is 4.98 Å². The van der Waals surface area contributed by atoms with Crippen molar-refractivity contribution >= 4 is 11.0 Å². The maximum Gasteiger partial charge on any atom is 0.149 e. The molecule has 4 heteroatoms. The van der Waals surface area contributed by atoms with Gasteiger partial charge in [0, 0.05) is 47.6 Å². The molecule has 0 saturated carbocycles. The van der Waals surface area contributed by atoms with Crippen LogP contribution in [0.15, 0.2) is 158 Å². The van der Waals surface area contributed by atoms with Gasteiger partial charge in [0.25, 0.3) is 0 Å². The van der Waals surface area contributed by atoms with Gasteiger partial charge in [0.1, 0.15) is 11.6 Å². The second kappa shape index (κ2) is 17.9. The summed E-state index contributed by atoms with van der Waals surface area (Å²) in [6.07, 6.45) is 1.82. The molecule has 0 aliphatic carbocycles. The minimum absolute atomic E-state index is 0.197. The highest BCUT2D eigenvalue weighted by atomic mass is 16.3. The second-order valence-electron chi connectivity index (χ2n) is 18.4. The summed E-state index contributed by atoms with van der Waals surface area (Å²) in [6.45, 7) is -12.7. The summed E-state index contributed by atoms with van der Waals surface area (Å²) < 4.78 is 161. The fourth-order valence-electron chi connectivity index (χ4n) is 9.46. The quantitative estimate of drug-likeness (QED) is 0.157. The van der Waals surface area contributed by atoms with Crippen molar-refractivity contribution in [1.82, 2.24) is 14.5 Å². The van der Waals surface area contributed by atoms with E-state index in [1.807, 2.05) is 169 Å². The first-order chi connectivity index (χ1) is 39.9. The van der Waals surface area contributed by atoms with Crippen LogP contribution in [0.1, 0.15) is 139 Å². The molecule has 68 heavy (non-hydrogen) atoms. The lowest BCUT2D eigenvalue weighted by Gasteiger charge is -2.28. The SMILES string of the molecule is [2H]C([2H])([2H])C(c1cc(-c2nc3c(-c4cc(-c5ccccc5)cc(-c5ncc(C)c(-c6ccccc6)c5C)c4)cccc3n2-c2c(C(C)C)cc(-c3ccccc3)cc2C(C)C)c(O)c(C(C([2H])([2H])[2H])(C([2H])([2H])[2H])C([2H])([2H])[2H])c1)(C([2H])([2H])[2H])C([2H])([2H])[2H]. The van der Waals surface area contributed by atoms with Crippen molar-refractivity contribution < 1.29 is 29.8 Å². The molecular weight excluding hydrogens is 827 g/mol. The molecular formula is C64H65N3O. The van der Waals surface area contributed by atoms with Crippen molar-refractivity contribution in [1.29, 1.82) is 0 Å². The van der Waals surface area contributed by atoms with Gasteiger partial charge < -0.3 is 5.11 Å². The Bertz CT molecular complexity index is 3900. The Balaban J connectivity index is 1.53. The molecule has 342 valence electrons. The van der Waals surface area contributed by atoms with Crippen LogP contribution in [-0.2, 0) is 10.8 Å². The van der Waals surface area contributed by atoms with Gasteiger partial charge in [-0.2, -0.15) is 0 Å². The third-order valence-corrected chi connectivity index (χ3v) is 12.8. The Morgan fingerprint density at radius 3 is 1.66 bits per heavy atom. The Kier molecular flexibility index (Phi) is 7.62. The average molecular weight is 910 g/mol. The van der Waals surface area contributed by atoms with Crippen molar-refractivity contribution in [2.45, 2.75) is 105 Å². The molecule has 0 fully saturated rings. The van der Waals surface area contributed by atoms with E-state index in [9.17, 15) is 5.11 Å². The normalized spacial score (nSPS) is 17.2. The largest absolute Gasteiger partial charge is 0.507 e. The van der Waals surface area contributed by atoms with Crippen LogP contribution in [-0.4, -0.2) is 19.6 Å². The molecule has 1 N–H and O–H groups in total. The highest BCUT2D eigenvalue weighted by Crippen LogP contribution is 2.47. The van der Waals surface area contributed by atoms with Gasteiger partial charge in [0.2, 0.25) is 0 Å². The number of aromatic hydroxyl groups is 1. The van der Waals surface area contributed by atoms with E-state index in [2.05, 4.69) is 0 Å². The average Bonchev–Trinajstić information content (AvgIpc) is 0.799. The van der Waals surface area contributed by atoms with E-state index in [-0.39, 0.29) is 23.2 Å². The summed E-state index contributed by atoms with van der Waals surface area (Å²) in [5, 5.41) is 13.2. The third-order valence-electron chi connectivity index (χ3n) is 12.8. The molecule has 0 atom stereocenters. The molecule has 7 aromatic carbocycles. The van der Waals surface area contributed by atoms with Crippen LogP contribution in [0.4, 0.5) is 0 Å². The zero-order valence-electron chi connectivity index (χ0n) is 57.0. The van der Waals surface area contributed by atoms with Crippen LogP contribution >= 0.6 is 0 Å². The van der Waals surface area contributed by atoms with Gasteiger partial charge >= 0.3 is 0 Å². The summed E-state index contributed by atoms with van der Waals surface area (Å²) in [4.78, 5) is 10.4. The van der Waals surface area contributed by atoms with Crippen LogP contribution in [0.3, 0.4) is 0 Å². The Morgan fingerprint density at radius 2 is 1.09 bits per heavy atom. The Hall–Kier alpha value is -7.04. The lowest BCUT2D eigenvalue weighted by atomic mass is 9.78. The minimum Gasteiger partial charge on any atom is -0.507 e. The number of benzene rings is 7. The number of aryl methyl sites for hydroxylation is 1. The number of phenolic OH excluding ortho intramolecular Hbond substituents is 1. The molecule has 0 aliphatic rings. The van der Waals surface area contributed by atoms with Crippen LogP contribution in [0.5, 0.6) is 5.75 Å². The van der Waals surface area contributed by atoms with Crippen molar-refractivity contribution in [3.05, 3.63) is 191 Å². The topological polar surface area (TPSA) is 50.9 Å². The van der Waals surface area contributed by atoms with Gasteiger partial charge in [0.15, 0.2) is 0 Å². The van der Waals surface area contributed by atoms with E-state index in [1.54, 1.807) is 22.8 Å². The lowest BCUT2D eigenvalue weighted by molar-refractivity contribution is 0.446. The first kappa shape index (κ1) is 29.0. The van der Waals surface area contributed by atoms with Gasteiger partial charge in [-0.3, -0.25) is 9.55 Å². The molecule has 0 aliphatic heterocycles. The minimum atomic E-state index is -4.14. The van der Waals surface area contributed by atoms with E-state index in [0.29, 0.717) is 50.8 Å². The molecule has 2 aromatic heterocycles. The van der Waals surface area contributed by atoms with Crippen LogP contribution in [0.2, 0.25) is 0 Å². The summed E-state index contributed by atoms with van der Waals surface area (Å²) in [6, 6.07) is 45.5. The third kappa shape index (κ3) is 8.58. The number of hydrogen-bond acceptors (Lipinski definition) is 3. The summed E-state index contributed by atoms with van der Waals surface area (Å²) >= 11 is 0. The fourth-order valence-corrected chi connectivity index (χ4v) is 9.46. The number of imidazole rings is 1. The highest BCUT2D eigenvalue weighted by Gasteiger charge is 2.31. The first-order valence-corrected chi connectivity index (χ1v) is 22.8. The number of phenols is 1. The molecule has 0 unspecified atom stereocenters. The molecule has 4 nitrogen and oxygen atoms in total. The number of fused-ring (bicyclic) bond motifs is 1. The maximum absolute atomic E-state index is 13.2. The molecule has 0 bridgehead atoms. The molecule has 9 rings (SSSR count). The molecule has 0 saturated heterocycles. The number of rotatable bonds is 9. The Morgan fingerprint density at radius 1 is 0.544 bits per heavy atom. The van der Waals surface area contributed by atoms with Crippen molar-refractivity contribution in [3.63, 3.8) is 0 Å². The van der Waals surface area contributed by atoms with Gasteiger partial charge in [-0.1, -0.05) is 178 Å². The number of pyridine rings is 1. The molecule has 0 amide bonds. The van der Waals surface area contributed by atoms with Crippen LogP contribution in [0.25, 0.3) is 83.9 Å². The predicted octanol–water partition coefficient (Wildman–Crippen LogP) is 17.6. The molecule has 0 radical (unpaired) electrons. The van der Waals surface area contributed by atoms with Gasteiger partial charge in [-0.05, 0) is 146 Å². The van der Waals surface area contributed by atoms with E-state index >= 15 is 0 Å². The molecule has 9 aromatic rings. The van der Waals surface area contributed by atoms with Crippen molar-refractivity contribution in [3.8, 4) is 78.6 Å². The van der Waals surface area contributed by atoms with E-state index in [0.717, 1.165) is 50.6 Å². The second-order valence-corrected chi connectivity index (χ2v) is 18.4. The zero-order chi connectivity index (χ0) is 63.2. The predicted molar refractivity (Wildman–Crippen MR) is 288 cm³/mol. The highest BCUT2D eigenvalue weighted by molar-refractivity contribution is 5.98. The number of aromatic nitrogens is 3. The summed E-state index contributed by atoms with van der Waals surface area (Å²) in [5.74, 6) is -2.37. The van der Waals surface area contributed by atoms with E-state index in [4.69, 9.17) is 34.6 Å². The van der Waals surface area contributed by atoms with Crippen LogP contribution < -0.4 is 0 Å². The van der Waals surface area contributed by atoms with Crippen LogP contribution in [0, 0.1) is 13.8 Å². The standard InChI is InChI=1S/C64H65N3O/c1-39(2)52-34-47(44-25-18-14-19-26-44)35-53(40(3)4)60(52)67-56-30-22-29-51(59(56)66-62(67)54-36-50(63(7,8)9)37-55(61(54)68)64(10,11)12)48-31-46(43-23-16-13-17-24-43)32-49(33-48)58-42(6)57(41(5)38-65-58)45-27-20-15-21-28-45/h13-40,68H,1-12H3/i7D3,8D3,9D3,10D3,11D3,12D3. The smallest absolute Gasteiger partial charge is 0.149 e. The molecule has 2 heterocycles. The van der Waals surface area contributed by atoms with Gasteiger partial charge in [-0.15, -0.1) is 0 Å². The van der Waals surface area contributed by atoms with Crippen molar-refractivity contribution in [2.24, 2.45) is 0 Å². The Labute approximate surface area is 429 Å². The van der Waals surface area contributed by atoms with E-state index in [1.165, 1.54) is 0 Å². The maximum atomic E-state index is 13.2.